The van der Waals surface area contributed by atoms with Gasteiger partial charge in [0, 0.05) is 7.05 Å². The van der Waals surface area contributed by atoms with Crippen LogP contribution in [-0.2, 0) is 19.2 Å². The van der Waals surface area contributed by atoms with E-state index in [0.717, 1.165) is 22.3 Å². The predicted molar refractivity (Wildman–Crippen MR) is 168 cm³/mol. The van der Waals surface area contributed by atoms with Gasteiger partial charge < -0.3 is 28.6 Å². The number of halogens is 1. The number of methoxy groups -OCH3 is 1. The van der Waals surface area contributed by atoms with Crippen LogP contribution in [0.2, 0.25) is 0 Å². The molecule has 0 unspecified atom stereocenters. The van der Waals surface area contributed by atoms with Crippen LogP contribution in [0.1, 0.15) is 71.2 Å². The zero-order valence-electron chi connectivity index (χ0n) is 29.6. The molecule has 2 rings (SSSR count). The number of hydrogen-bond acceptors (Lipinski definition) is 9. The minimum atomic E-state index is -0.571. The minimum Gasteiger partial charge on any atom is -0.505 e. The maximum Gasteiger partial charge on any atom is 1.00 e. The van der Waals surface area contributed by atoms with Gasteiger partial charge >= 0.3 is 156 Å². The van der Waals surface area contributed by atoms with Gasteiger partial charge in [-0.2, -0.15) is 7.18 Å². The number of phenolic OH excluding ortho intramolecular Hbond substituents is 1. The van der Waals surface area contributed by atoms with E-state index in [0.29, 0.717) is 17.1 Å². The number of phenols is 1. The number of hydrogen-bond donors (Lipinski definition) is 3. The summed E-state index contributed by atoms with van der Waals surface area (Å²) >= 11 is 0. The van der Waals surface area contributed by atoms with Crippen LogP contribution < -0.4 is 153 Å². The van der Waals surface area contributed by atoms with E-state index in [2.05, 4.69) is 15.5 Å². The first-order chi connectivity index (χ1) is 19.8. The summed E-state index contributed by atoms with van der Waals surface area (Å²) < 4.78 is 30.8. The molecule has 45 heavy (non-hydrogen) atoms. The Labute approximate surface area is 387 Å². The second-order valence-electron chi connectivity index (χ2n) is 11.0. The molecule has 0 atom stereocenters. The zero-order valence-corrected chi connectivity index (χ0v) is 41.2. The standard InChI is InChI=1S/C15H23NO3.C13H19NO3.CH2F.CH2O3.CH4.2Cs/c1-10-8-11(2)13(18-7)12(9-10)16(6)14(17)19-15(3,4)5;1-8-6-9(2)11(15)10(7-8)14-12(16)17-13(3,4)5;1-2;2-1-4-3;;;/h8-9H,1-7H3;6-7,15H,1-5H3,(H,14,16);1H2;1,3H;1H4;;/q;;-1;;;2*+1/i/hD. The molecule has 0 aliphatic rings. The van der Waals surface area contributed by atoms with Gasteiger partial charge in [-0.3, -0.25) is 15.0 Å². The van der Waals surface area contributed by atoms with Gasteiger partial charge in [-0.05, 0) is 104 Å². The monoisotopic (exact) mass is 880 g/mol. The van der Waals surface area contributed by atoms with Crippen molar-refractivity contribution in [3.05, 3.63) is 53.7 Å². The van der Waals surface area contributed by atoms with Crippen LogP contribution in [0.25, 0.3) is 1.43 Å². The SMILES string of the molecule is C.COc1c(C)cc(C)cc1N(C)C(=O)OC(C)(C)C.Cc1cc(C)c(O)c(NC(=O)OC(C)(C)C)c1.[2H]OOC=O.[CH2-]F.[Cs+].[Cs+]. The Kier molecular flexibility index (Phi) is 31.0. The Morgan fingerprint density at radius 2 is 1.40 bits per heavy atom. The number of carbonyl (C=O) groups excluding carboxylic acids is 3. The van der Waals surface area contributed by atoms with Crippen LogP contribution >= 0.6 is 0 Å². The first-order valence-electron chi connectivity index (χ1n) is 13.1. The Hall–Kier alpha value is 0.0439. The number of nitrogens with one attached hydrogen (secondary N) is 1. The van der Waals surface area contributed by atoms with Crippen molar-refractivity contribution in [2.45, 2.75) is 87.9 Å². The minimum absolute atomic E-state index is 0. The van der Waals surface area contributed by atoms with Gasteiger partial charge in [0.25, 0.3) is 1.43 Å². The fourth-order valence-corrected chi connectivity index (χ4v) is 3.34. The molecule has 2 aromatic rings. The number of aryl methyl sites for hydroxylation is 4. The largest absolute Gasteiger partial charge is 1.00 e. The fourth-order valence-electron chi connectivity index (χ4n) is 3.34. The van der Waals surface area contributed by atoms with E-state index in [1.807, 2.05) is 59.7 Å². The molecule has 0 saturated carbocycles. The summed E-state index contributed by atoms with van der Waals surface area (Å²) in [6.07, 6.45) is -0.964. The third-order valence-electron chi connectivity index (χ3n) is 4.75. The van der Waals surface area contributed by atoms with Gasteiger partial charge in [0.05, 0.1) is 18.5 Å². The number of carbonyl (C=O) groups is 3. The summed E-state index contributed by atoms with van der Waals surface area (Å²) in [5.41, 5.74) is 3.76. The van der Waals surface area contributed by atoms with Crippen LogP contribution in [-0.4, -0.2) is 54.4 Å². The van der Waals surface area contributed by atoms with Gasteiger partial charge in [-0.15, -0.1) is 0 Å². The molecule has 11 nitrogen and oxygen atoms in total. The molecule has 2 amide bonds. The van der Waals surface area contributed by atoms with Crippen molar-refractivity contribution in [3.8, 4) is 11.5 Å². The Balaban J connectivity index is -0.000000193. The van der Waals surface area contributed by atoms with E-state index < -0.39 is 23.4 Å². The molecule has 2 aromatic carbocycles. The van der Waals surface area contributed by atoms with E-state index in [1.54, 1.807) is 55.1 Å². The summed E-state index contributed by atoms with van der Waals surface area (Å²) in [5.74, 6) is 0.764. The molecule has 246 valence electrons. The molecule has 0 spiro atoms. The summed E-state index contributed by atoms with van der Waals surface area (Å²) in [5, 5.41) is 15.4. The maximum absolute atomic E-state index is 12.1. The number of nitrogens with zero attached hydrogens (tertiary/aromatic N) is 1. The molecule has 0 aliphatic carbocycles. The topological polar surface area (TPSA) is 144 Å². The molecule has 0 bridgehead atoms. The number of amides is 2. The number of ether oxygens (including phenoxy) is 3. The van der Waals surface area contributed by atoms with Crippen molar-refractivity contribution in [2.75, 3.05) is 24.4 Å². The van der Waals surface area contributed by atoms with Crippen LogP contribution in [0.15, 0.2) is 24.3 Å². The molecule has 0 aliphatic heterocycles. The Morgan fingerprint density at radius 1 is 0.933 bits per heavy atom. The van der Waals surface area contributed by atoms with Crippen molar-refractivity contribution in [1.82, 2.24) is 0 Å². The molecule has 14 heteroatoms. The number of aromatic hydroxyl groups is 1. The van der Waals surface area contributed by atoms with Crippen LogP contribution in [0.3, 0.4) is 0 Å². The summed E-state index contributed by atoms with van der Waals surface area (Å²) in [6.45, 7) is 18.5. The van der Waals surface area contributed by atoms with Crippen molar-refractivity contribution >= 4 is 30.0 Å². The van der Waals surface area contributed by atoms with Gasteiger partial charge in [-0.1, -0.05) is 19.6 Å². The van der Waals surface area contributed by atoms with E-state index in [4.69, 9.17) is 20.4 Å². The first-order valence-corrected chi connectivity index (χ1v) is 12.7. The third-order valence-corrected chi connectivity index (χ3v) is 4.75. The maximum atomic E-state index is 12.1. The average molecular weight is 881 g/mol. The van der Waals surface area contributed by atoms with Crippen molar-refractivity contribution in [1.29, 1.82) is 1.43 Å². The molecule has 0 fully saturated rings. The molecular formula is C31H50Cs2FN2O9+. The van der Waals surface area contributed by atoms with Crippen molar-refractivity contribution in [2.24, 2.45) is 0 Å². The molecule has 0 saturated heterocycles. The van der Waals surface area contributed by atoms with Gasteiger partial charge in [0.1, 0.15) is 22.7 Å². The second kappa shape index (κ2) is 26.9. The molecule has 0 heterocycles. The van der Waals surface area contributed by atoms with E-state index in [9.17, 15) is 19.1 Å². The number of anilines is 2. The van der Waals surface area contributed by atoms with Gasteiger partial charge in [-0.25, -0.2) is 14.8 Å². The zero-order chi connectivity index (χ0) is 34.1. The van der Waals surface area contributed by atoms with Crippen LogP contribution in [0.4, 0.5) is 25.4 Å². The predicted octanol–water partition coefficient (Wildman–Crippen LogP) is 2.06. The van der Waals surface area contributed by atoms with Crippen molar-refractivity contribution in [3.63, 3.8) is 0 Å². The summed E-state index contributed by atoms with van der Waals surface area (Å²) in [4.78, 5) is 37.4. The van der Waals surface area contributed by atoms with Gasteiger partial charge in [0.2, 0.25) is 0 Å². The first kappa shape index (κ1) is 51.9. The quantitative estimate of drug-likeness (QED) is 0.103. The fraction of sp³-hybridized carbons (Fsp3) is 0.484. The Morgan fingerprint density at radius 3 is 1.80 bits per heavy atom. The molecular weight excluding hydrogens is 829 g/mol. The second-order valence-corrected chi connectivity index (χ2v) is 11.0. The normalized spacial score (nSPS) is 9.78. The van der Waals surface area contributed by atoms with Crippen LogP contribution in [0, 0.1) is 34.9 Å². The van der Waals surface area contributed by atoms with E-state index >= 15 is 0 Å². The third kappa shape index (κ3) is 23.9. The van der Waals surface area contributed by atoms with E-state index in [-0.39, 0.29) is 157 Å². The molecule has 3 N–H and O–H groups in total. The number of benzene rings is 2. The Bertz CT molecular complexity index is 1190. The summed E-state index contributed by atoms with van der Waals surface area (Å²) in [7, 11) is 5.04. The summed E-state index contributed by atoms with van der Waals surface area (Å²) in [6, 6.07) is 7.48. The van der Waals surface area contributed by atoms with E-state index in [1.165, 1.54) is 4.90 Å². The molecule has 0 radical (unpaired) electrons. The molecule has 0 aromatic heterocycles. The van der Waals surface area contributed by atoms with Crippen LogP contribution in [0.5, 0.6) is 11.5 Å². The number of rotatable bonds is 5. The smallest absolute Gasteiger partial charge is 0.505 e. The van der Waals surface area contributed by atoms with Gasteiger partial charge in [0.15, 0.2) is 0 Å². The average Bonchev–Trinajstić information content (AvgIpc) is 2.86. The van der Waals surface area contributed by atoms with Crippen molar-refractivity contribution < 1.29 is 186 Å².